The number of rotatable bonds is 7. The number of nitrogens with zero attached hydrogens (tertiary/aromatic N) is 4. The summed E-state index contributed by atoms with van der Waals surface area (Å²) in [6.45, 7) is 2.78. The van der Waals surface area contributed by atoms with E-state index in [0.717, 1.165) is 30.1 Å². The number of hydrogen-bond acceptors (Lipinski definition) is 7. The van der Waals surface area contributed by atoms with Crippen LogP contribution in [0.1, 0.15) is 21.7 Å². The quantitative estimate of drug-likeness (QED) is 0.318. The van der Waals surface area contributed by atoms with Crippen LogP contribution in [0.3, 0.4) is 0 Å². The number of anilines is 1. The molecule has 0 spiro atoms. The van der Waals surface area contributed by atoms with Crippen LogP contribution in [0.2, 0.25) is 5.02 Å². The van der Waals surface area contributed by atoms with Gasteiger partial charge < -0.3 is 19.3 Å². The molecule has 1 fully saturated rings. The zero-order valence-electron chi connectivity index (χ0n) is 19.8. The summed E-state index contributed by atoms with van der Waals surface area (Å²) < 4.78 is 15.6. The highest BCUT2D eigenvalue weighted by atomic mass is 35.5. The maximum absolute atomic E-state index is 13.2. The SMILES string of the molecule is COc1cccc(Cc2nsc(Oc3cccc(C(=O)N4CCN(c5cccc(Cl)c5)CC4)c3)n2)c1. The molecule has 1 aliphatic rings. The first-order chi connectivity index (χ1) is 17.6. The fourth-order valence-electron chi connectivity index (χ4n) is 4.13. The highest BCUT2D eigenvalue weighted by Crippen LogP contribution is 2.26. The second-order valence-corrected chi connectivity index (χ2v) is 9.54. The second-order valence-electron chi connectivity index (χ2n) is 8.39. The number of piperazine rings is 1. The topological polar surface area (TPSA) is 67.8 Å². The number of amides is 1. The van der Waals surface area contributed by atoms with Gasteiger partial charge in [0.2, 0.25) is 0 Å². The largest absolute Gasteiger partial charge is 0.497 e. The van der Waals surface area contributed by atoms with Crippen molar-refractivity contribution in [2.24, 2.45) is 0 Å². The first kappa shape index (κ1) is 24.1. The molecule has 0 atom stereocenters. The Morgan fingerprint density at radius 1 is 0.972 bits per heavy atom. The molecule has 4 aromatic rings. The van der Waals surface area contributed by atoms with E-state index in [-0.39, 0.29) is 5.91 Å². The van der Waals surface area contributed by atoms with E-state index in [9.17, 15) is 4.79 Å². The molecule has 5 rings (SSSR count). The Labute approximate surface area is 219 Å². The van der Waals surface area contributed by atoms with Crippen LogP contribution in [0.4, 0.5) is 5.69 Å². The molecule has 2 heterocycles. The molecule has 7 nitrogen and oxygen atoms in total. The molecular weight excluding hydrogens is 496 g/mol. The molecule has 0 aliphatic carbocycles. The number of carbonyl (C=O) groups excluding carboxylic acids is 1. The van der Waals surface area contributed by atoms with Crippen molar-refractivity contribution in [3.05, 3.63) is 94.8 Å². The first-order valence-corrected chi connectivity index (χ1v) is 12.8. The molecule has 0 N–H and O–H groups in total. The van der Waals surface area contributed by atoms with E-state index in [2.05, 4.69) is 14.3 Å². The van der Waals surface area contributed by atoms with Crippen LogP contribution in [0.25, 0.3) is 0 Å². The zero-order valence-corrected chi connectivity index (χ0v) is 21.3. The van der Waals surface area contributed by atoms with Gasteiger partial charge in [-0.2, -0.15) is 9.36 Å². The summed E-state index contributed by atoms with van der Waals surface area (Å²) in [4.78, 5) is 21.8. The van der Waals surface area contributed by atoms with Crippen LogP contribution < -0.4 is 14.4 Å². The van der Waals surface area contributed by atoms with Crippen molar-refractivity contribution in [1.29, 1.82) is 0 Å². The Balaban J connectivity index is 1.20. The minimum Gasteiger partial charge on any atom is -0.497 e. The fraction of sp³-hybridized carbons (Fsp3) is 0.222. The average molecular weight is 521 g/mol. The molecular formula is C27H25ClN4O3S. The maximum atomic E-state index is 13.2. The maximum Gasteiger partial charge on any atom is 0.298 e. The van der Waals surface area contributed by atoms with E-state index in [4.69, 9.17) is 21.1 Å². The lowest BCUT2D eigenvalue weighted by atomic mass is 10.1. The zero-order chi connectivity index (χ0) is 24.9. The van der Waals surface area contributed by atoms with Gasteiger partial charge in [-0.1, -0.05) is 35.9 Å². The molecule has 3 aromatic carbocycles. The van der Waals surface area contributed by atoms with E-state index in [1.807, 2.05) is 71.6 Å². The number of carbonyl (C=O) groups is 1. The van der Waals surface area contributed by atoms with Gasteiger partial charge in [0.15, 0.2) is 5.82 Å². The minimum absolute atomic E-state index is 0.0119. The summed E-state index contributed by atoms with van der Waals surface area (Å²) in [5.41, 5.74) is 2.72. The molecule has 0 radical (unpaired) electrons. The van der Waals surface area contributed by atoms with Crippen molar-refractivity contribution in [2.75, 3.05) is 38.2 Å². The Kier molecular flexibility index (Phi) is 7.34. The summed E-state index contributed by atoms with van der Waals surface area (Å²) in [5.74, 6) is 2.02. The van der Waals surface area contributed by atoms with Crippen molar-refractivity contribution in [3.63, 3.8) is 0 Å². The molecule has 1 aromatic heterocycles. The van der Waals surface area contributed by atoms with Crippen LogP contribution in [-0.4, -0.2) is 53.5 Å². The lowest BCUT2D eigenvalue weighted by molar-refractivity contribution is 0.0746. The number of aromatic nitrogens is 2. The Morgan fingerprint density at radius 2 is 1.75 bits per heavy atom. The average Bonchev–Trinajstić information content (AvgIpc) is 3.35. The molecule has 0 unspecified atom stereocenters. The number of hydrogen-bond donors (Lipinski definition) is 0. The summed E-state index contributed by atoms with van der Waals surface area (Å²) in [6, 6.07) is 22.8. The number of halogens is 1. The van der Waals surface area contributed by atoms with Crippen LogP contribution in [0.15, 0.2) is 72.8 Å². The summed E-state index contributed by atoms with van der Waals surface area (Å²) in [7, 11) is 1.64. The van der Waals surface area contributed by atoms with Crippen LogP contribution >= 0.6 is 23.1 Å². The van der Waals surface area contributed by atoms with Crippen molar-refractivity contribution in [1.82, 2.24) is 14.3 Å². The highest BCUT2D eigenvalue weighted by Gasteiger charge is 2.23. The fourth-order valence-corrected chi connectivity index (χ4v) is 4.89. The summed E-state index contributed by atoms with van der Waals surface area (Å²) in [5, 5.41) is 1.15. The number of methoxy groups -OCH3 is 1. The van der Waals surface area contributed by atoms with Crippen LogP contribution in [0, 0.1) is 0 Å². The molecule has 184 valence electrons. The van der Waals surface area contributed by atoms with Crippen LogP contribution in [0.5, 0.6) is 16.7 Å². The first-order valence-electron chi connectivity index (χ1n) is 11.6. The smallest absolute Gasteiger partial charge is 0.298 e. The van der Waals surface area contributed by atoms with Gasteiger partial charge >= 0.3 is 0 Å². The molecule has 9 heteroatoms. The number of ether oxygens (including phenoxy) is 2. The van der Waals surface area contributed by atoms with E-state index in [1.165, 1.54) is 11.5 Å². The molecule has 1 saturated heterocycles. The minimum atomic E-state index is -0.0119. The summed E-state index contributed by atoms with van der Waals surface area (Å²) >= 11 is 7.32. The van der Waals surface area contributed by atoms with Crippen molar-refractivity contribution >= 4 is 34.7 Å². The second kappa shape index (κ2) is 11.0. The van der Waals surface area contributed by atoms with Gasteiger partial charge in [-0.15, -0.1) is 0 Å². The number of benzene rings is 3. The molecule has 36 heavy (non-hydrogen) atoms. The lowest BCUT2D eigenvalue weighted by Crippen LogP contribution is -2.48. The highest BCUT2D eigenvalue weighted by molar-refractivity contribution is 7.07. The standard InChI is InChI=1S/C27H25ClN4O3S/c1-34-23-9-2-5-19(15-23)16-25-29-27(36-30-25)35-24-10-3-6-20(17-24)26(33)32-13-11-31(12-14-32)22-8-4-7-21(28)18-22/h2-10,15,17-18H,11-14,16H2,1H3. The molecule has 1 amide bonds. The third kappa shape index (κ3) is 5.78. The van der Waals surface area contributed by atoms with Gasteiger partial charge in [-0.3, -0.25) is 4.79 Å². The van der Waals surface area contributed by atoms with Crippen molar-refractivity contribution in [3.8, 4) is 16.7 Å². The Hall–Kier alpha value is -3.62. The summed E-state index contributed by atoms with van der Waals surface area (Å²) in [6.07, 6.45) is 0.580. The van der Waals surface area contributed by atoms with E-state index in [1.54, 1.807) is 13.2 Å². The van der Waals surface area contributed by atoms with Gasteiger partial charge in [0, 0.05) is 60.4 Å². The predicted octanol–water partition coefficient (Wildman–Crippen LogP) is 5.55. The predicted molar refractivity (Wildman–Crippen MR) is 142 cm³/mol. The Morgan fingerprint density at radius 3 is 2.56 bits per heavy atom. The van der Waals surface area contributed by atoms with Gasteiger partial charge in [0.25, 0.3) is 11.1 Å². The van der Waals surface area contributed by atoms with Crippen molar-refractivity contribution in [2.45, 2.75) is 6.42 Å². The van der Waals surface area contributed by atoms with Gasteiger partial charge in [0.1, 0.15) is 11.5 Å². The Bertz CT molecular complexity index is 1350. The third-order valence-corrected chi connectivity index (χ3v) is 6.84. The van der Waals surface area contributed by atoms with Crippen molar-refractivity contribution < 1.29 is 14.3 Å². The third-order valence-electron chi connectivity index (χ3n) is 5.97. The van der Waals surface area contributed by atoms with E-state index >= 15 is 0 Å². The molecule has 0 bridgehead atoms. The monoisotopic (exact) mass is 520 g/mol. The van der Waals surface area contributed by atoms with Crippen LogP contribution in [-0.2, 0) is 6.42 Å². The molecule has 0 saturated carbocycles. The lowest BCUT2D eigenvalue weighted by Gasteiger charge is -2.36. The van der Waals surface area contributed by atoms with E-state index in [0.29, 0.717) is 46.9 Å². The van der Waals surface area contributed by atoms with Gasteiger partial charge in [-0.25, -0.2) is 0 Å². The van der Waals surface area contributed by atoms with E-state index < -0.39 is 0 Å². The molecule has 1 aliphatic heterocycles. The van der Waals surface area contributed by atoms with Gasteiger partial charge in [-0.05, 0) is 54.1 Å². The normalized spacial score (nSPS) is 13.5. The van der Waals surface area contributed by atoms with Gasteiger partial charge in [0.05, 0.1) is 7.11 Å².